The minimum Gasteiger partial charge on any atom is -0.467 e. The molecule has 8 nitrogen and oxygen atoms in total. The van der Waals surface area contributed by atoms with Crippen LogP contribution in [-0.2, 0) is 28.6 Å². The second-order valence-corrected chi connectivity index (χ2v) is 5.20. The van der Waals surface area contributed by atoms with Crippen LogP contribution in [0.2, 0.25) is 0 Å². The summed E-state index contributed by atoms with van der Waals surface area (Å²) >= 11 is 0. The number of nitrogens with zero attached hydrogens (tertiary/aromatic N) is 1. The van der Waals surface area contributed by atoms with Crippen LogP contribution in [-0.4, -0.2) is 55.1 Å². The number of hydrogen-bond donors (Lipinski definition) is 0. The molecule has 0 saturated carbocycles. The standard InChI is InChI=1S/C12H19NO7/c1-12(2,3)19-11(16)13-7(9(14)17-4)6-8(20-13)10(15)18-5/h7-8H,6H2,1-5H3/t7-,8+/m0/s1. The molecule has 1 saturated heterocycles. The van der Waals surface area contributed by atoms with Crippen LogP contribution >= 0.6 is 0 Å². The molecule has 0 N–H and O–H groups in total. The maximum atomic E-state index is 12.0. The van der Waals surface area contributed by atoms with Crippen molar-refractivity contribution < 1.29 is 33.4 Å². The van der Waals surface area contributed by atoms with Gasteiger partial charge in [-0.2, -0.15) is 5.06 Å². The van der Waals surface area contributed by atoms with E-state index in [9.17, 15) is 14.4 Å². The van der Waals surface area contributed by atoms with Gasteiger partial charge in [-0.05, 0) is 20.8 Å². The van der Waals surface area contributed by atoms with Crippen LogP contribution in [0.3, 0.4) is 0 Å². The topological polar surface area (TPSA) is 91.4 Å². The average molecular weight is 289 g/mol. The first kappa shape index (κ1) is 16.2. The molecule has 1 fully saturated rings. The normalized spacial score (nSPS) is 22.4. The van der Waals surface area contributed by atoms with E-state index >= 15 is 0 Å². The third-order valence-electron chi connectivity index (χ3n) is 2.47. The van der Waals surface area contributed by atoms with Crippen LogP contribution in [0.15, 0.2) is 0 Å². The van der Waals surface area contributed by atoms with Gasteiger partial charge in [-0.3, -0.25) is 4.84 Å². The minimum absolute atomic E-state index is 0.0431. The van der Waals surface area contributed by atoms with E-state index in [1.807, 2.05) is 0 Å². The molecular formula is C12H19NO7. The lowest BCUT2D eigenvalue weighted by molar-refractivity contribution is -0.185. The maximum Gasteiger partial charge on any atom is 0.435 e. The highest BCUT2D eigenvalue weighted by atomic mass is 16.8. The minimum atomic E-state index is -1.04. The zero-order valence-electron chi connectivity index (χ0n) is 12.2. The summed E-state index contributed by atoms with van der Waals surface area (Å²) < 4.78 is 14.2. The summed E-state index contributed by atoms with van der Waals surface area (Å²) in [6.07, 6.45) is -1.95. The molecule has 20 heavy (non-hydrogen) atoms. The maximum absolute atomic E-state index is 12.0. The van der Waals surface area contributed by atoms with Crippen molar-refractivity contribution in [3.63, 3.8) is 0 Å². The Morgan fingerprint density at radius 3 is 2.10 bits per heavy atom. The Bertz CT molecular complexity index is 401. The number of ether oxygens (including phenoxy) is 3. The zero-order valence-corrected chi connectivity index (χ0v) is 12.2. The Labute approximate surface area is 116 Å². The van der Waals surface area contributed by atoms with E-state index in [2.05, 4.69) is 9.47 Å². The van der Waals surface area contributed by atoms with Crippen molar-refractivity contribution in [2.75, 3.05) is 14.2 Å². The van der Waals surface area contributed by atoms with E-state index in [0.29, 0.717) is 0 Å². The van der Waals surface area contributed by atoms with E-state index in [1.54, 1.807) is 20.8 Å². The molecule has 0 aromatic carbocycles. The lowest BCUT2D eigenvalue weighted by atomic mass is 10.1. The van der Waals surface area contributed by atoms with Crippen LogP contribution in [0.25, 0.3) is 0 Å². The molecule has 1 aliphatic rings. The first-order valence-corrected chi connectivity index (χ1v) is 6.04. The van der Waals surface area contributed by atoms with Gasteiger partial charge >= 0.3 is 18.0 Å². The first-order valence-electron chi connectivity index (χ1n) is 6.04. The van der Waals surface area contributed by atoms with Crippen molar-refractivity contribution in [3.05, 3.63) is 0 Å². The van der Waals surface area contributed by atoms with Crippen LogP contribution in [0.5, 0.6) is 0 Å². The highest BCUT2D eigenvalue weighted by molar-refractivity contribution is 5.84. The van der Waals surface area contributed by atoms with E-state index in [-0.39, 0.29) is 6.42 Å². The van der Waals surface area contributed by atoms with E-state index in [1.165, 1.54) is 14.2 Å². The molecule has 0 aromatic rings. The van der Waals surface area contributed by atoms with Crippen LogP contribution in [0, 0.1) is 0 Å². The number of amides is 1. The number of hydrogen-bond acceptors (Lipinski definition) is 7. The van der Waals surface area contributed by atoms with Gasteiger partial charge in [0.05, 0.1) is 14.2 Å². The first-order chi connectivity index (χ1) is 9.19. The van der Waals surface area contributed by atoms with Crippen molar-refractivity contribution in [1.29, 1.82) is 0 Å². The van der Waals surface area contributed by atoms with Gasteiger partial charge in [0.2, 0.25) is 0 Å². The Morgan fingerprint density at radius 2 is 1.65 bits per heavy atom. The molecule has 114 valence electrons. The van der Waals surface area contributed by atoms with Crippen LogP contribution in [0.4, 0.5) is 4.79 Å². The molecule has 2 atom stereocenters. The Kier molecular flexibility index (Phi) is 4.93. The quantitative estimate of drug-likeness (QED) is 0.544. The summed E-state index contributed by atoms with van der Waals surface area (Å²) in [5, 5.41) is 0.721. The molecule has 0 spiro atoms. The molecule has 0 aromatic heterocycles. The number of rotatable bonds is 2. The van der Waals surface area contributed by atoms with Crippen LogP contribution < -0.4 is 0 Å². The summed E-state index contributed by atoms with van der Waals surface area (Å²) in [6.45, 7) is 5.02. The fourth-order valence-electron chi connectivity index (χ4n) is 1.63. The van der Waals surface area contributed by atoms with Crippen molar-refractivity contribution in [2.24, 2.45) is 0 Å². The number of methoxy groups -OCH3 is 2. The van der Waals surface area contributed by atoms with Gasteiger partial charge in [-0.1, -0.05) is 0 Å². The van der Waals surface area contributed by atoms with E-state index in [4.69, 9.17) is 9.57 Å². The molecule has 1 amide bonds. The van der Waals surface area contributed by atoms with E-state index in [0.717, 1.165) is 5.06 Å². The average Bonchev–Trinajstić information content (AvgIpc) is 2.79. The molecule has 1 rings (SSSR count). The fourth-order valence-corrected chi connectivity index (χ4v) is 1.63. The summed E-state index contributed by atoms with van der Waals surface area (Å²) in [4.78, 5) is 40.2. The second-order valence-electron chi connectivity index (χ2n) is 5.20. The van der Waals surface area contributed by atoms with Crippen LogP contribution in [0.1, 0.15) is 27.2 Å². The van der Waals surface area contributed by atoms with Crippen molar-refractivity contribution >= 4 is 18.0 Å². The van der Waals surface area contributed by atoms with Crippen molar-refractivity contribution in [3.8, 4) is 0 Å². The van der Waals surface area contributed by atoms with Gasteiger partial charge in [-0.25, -0.2) is 14.4 Å². The smallest absolute Gasteiger partial charge is 0.435 e. The Hall–Kier alpha value is -1.83. The van der Waals surface area contributed by atoms with Gasteiger partial charge in [0.25, 0.3) is 0 Å². The highest BCUT2D eigenvalue weighted by Crippen LogP contribution is 2.25. The predicted octanol–water partition coefficient (Wildman–Crippen LogP) is 0.642. The number of carbonyl (C=O) groups is 3. The van der Waals surface area contributed by atoms with Gasteiger partial charge in [0, 0.05) is 6.42 Å². The number of hydroxylamine groups is 2. The van der Waals surface area contributed by atoms with Gasteiger partial charge in [0.15, 0.2) is 12.1 Å². The Balaban J connectivity index is 2.87. The largest absolute Gasteiger partial charge is 0.467 e. The molecular weight excluding hydrogens is 270 g/mol. The summed E-state index contributed by atoms with van der Waals surface area (Å²) in [6, 6.07) is -1.04. The Morgan fingerprint density at radius 1 is 1.10 bits per heavy atom. The zero-order chi connectivity index (χ0) is 15.5. The molecule has 0 radical (unpaired) electrons. The number of esters is 2. The molecule has 0 unspecified atom stereocenters. The lowest BCUT2D eigenvalue weighted by Crippen LogP contribution is -2.43. The summed E-state index contributed by atoms with van der Waals surface area (Å²) in [5.41, 5.74) is -0.759. The van der Waals surface area contributed by atoms with Gasteiger partial charge in [-0.15, -0.1) is 0 Å². The van der Waals surface area contributed by atoms with Gasteiger partial charge < -0.3 is 14.2 Å². The predicted molar refractivity (Wildman–Crippen MR) is 65.4 cm³/mol. The number of carbonyl (C=O) groups excluding carboxylic acids is 3. The highest BCUT2D eigenvalue weighted by Gasteiger charge is 2.47. The van der Waals surface area contributed by atoms with Crippen molar-refractivity contribution in [1.82, 2.24) is 5.06 Å². The van der Waals surface area contributed by atoms with Crippen molar-refractivity contribution in [2.45, 2.75) is 44.9 Å². The monoisotopic (exact) mass is 289 g/mol. The molecule has 8 heteroatoms. The molecule has 1 aliphatic heterocycles. The van der Waals surface area contributed by atoms with E-state index < -0.39 is 35.8 Å². The third kappa shape index (κ3) is 3.83. The lowest BCUT2D eigenvalue weighted by Gasteiger charge is -2.25. The molecule has 0 aliphatic carbocycles. The third-order valence-corrected chi connectivity index (χ3v) is 2.47. The SMILES string of the molecule is COC(=O)[C@H]1C[C@@H](C(=O)OC)N(C(=O)OC(C)(C)C)O1. The van der Waals surface area contributed by atoms with Gasteiger partial charge in [0.1, 0.15) is 5.60 Å². The molecule has 0 bridgehead atoms. The summed E-state index contributed by atoms with van der Waals surface area (Å²) in [5.74, 6) is -1.37. The fraction of sp³-hybridized carbons (Fsp3) is 0.750. The second kappa shape index (κ2) is 6.08. The summed E-state index contributed by atoms with van der Waals surface area (Å²) in [7, 11) is 2.37. The molecule has 1 heterocycles.